The van der Waals surface area contributed by atoms with E-state index in [0.29, 0.717) is 12.1 Å². The third kappa shape index (κ3) is 2.74. The highest BCUT2D eigenvalue weighted by molar-refractivity contribution is 5.44. The summed E-state index contributed by atoms with van der Waals surface area (Å²) in [6.07, 6.45) is 8.94. The first-order chi connectivity index (χ1) is 8.31. The third-order valence-corrected chi connectivity index (χ3v) is 2.51. The van der Waals surface area contributed by atoms with Gasteiger partial charge in [0.25, 0.3) is 0 Å². The molecule has 0 saturated heterocycles. The van der Waals surface area contributed by atoms with Gasteiger partial charge in [-0.15, -0.1) is 0 Å². The predicted molar refractivity (Wildman–Crippen MR) is 64.4 cm³/mol. The Morgan fingerprint density at radius 2 is 2.00 bits per heavy atom. The van der Waals surface area contributed by atoms with Crippen molar-refractivity contribution in [2.45, 2.75) is 12.5 Å². The van der Waals surface area contributed by atoms with E-state index >= 15 is 0 Å². The van der Waals surface area contributed by atoms with Gasteiger partial charge in [-0.25, -0.2) is 0 Å². The number of hydrazine groups is 1. The fraction of sp³-hybridized carbons (Fsp3) is 0.182. The van der Waals surface area contributed by atoms with Gasteiger partial charge in [-0.3, -0.25) is 26.2 Å². The maximum Gasteiger partial charge on any atom is 0.0772 e. The standard InChI is InChI=1S/C11H14N6/c12-9-1-2-14-6-8(9)5-10(17-13)11-7-15-3-4-16-11/h1-4,6-7,10,17H,5,13H2,(H2,12,14). The van der Waals surface area contributed by atoms with E-state index in [9.17, 15) is 0 Å². The molecule has 0 amide bonds. The number of pyridine rings is 1. The second-order valence-electron chi connectivity index (χ2n) is 3.63. The van der Waals surface area contributed by atoms with Crippen LogP contribution in [-0.4, -0.2) is 15.0 Å². The molecule has 0 spiro atoms. The molecule has 0 bridgehead atoms. The Bertz CT molecular complexity index is 472. The van der Waals surface area contributed by atoms with Crippen molar-refractivity contribution in [2.24, 2.45) is 5.84 Å². The molecule has 0 saturated carbocycles. The Hall–Kier alpha value is -2.05. The summed E-state index contributed by atoms with van der Waals surface area (Å²) >= 11 is 0. The number of hydrogen-bond donors (Lipinski definition) is 3. The van der Waals surface area contributed by atoms with Crippen LogP contribution in [0.15, 0.2) is 37.1 Å². The lowest BCUT2D eigenvalue weighted by Crippen LogP contribution is -2.30. The first-order valence-corrected chi connectivity index (χ1v) is 5.21. The SMILES string of the molecule is NNC(Cc1cnccc1N)c1cnccn1. The van der Waals surface area contributed by atoms with Crippen molar-refractivity contribution in [3.05, 3.63) is 48.3 Å². The van der Waals surface area contributed by atoms with Crippen LogP contribution in [0.2, 0.25) is 0 Å². The normalized spacial score (nSPS) is 12.3. The van der Waals surface area contributed by atoms with Gasteiger partial charge >= 0.3 is 0 Å². The highest BCUT2D eigenvalue weighted by Gasteiger charge is 2.13. The molecule has 1 unspecified atom stereocenters. The van der Waals surface area contributed by atoms with Crippen molar-refractivity contribution >= 4 is 5.69 Å². The zero-order chi connectivity index (χ0) is 12.1. The molecule has 0 aliphatic heterocycles. The molecule has 2 rings (SSSR count). The van der Waals surface area contributed by atoms with E-state index in [4.69, 9.17) is 11.6 Å². The van der Waals surface area contributed by atoms with E-state index in [1.54, 1.807) is 37.1 Å². The summed E-state index contributed by atoms with van der Waals surface area (Å²) in [6.45, 7) is 0. The second-order valence-corrected chi connectivity index (χ2v) is 3.63. The third-order valence-electron chi connectivity index (χ3n) is 2.51. The number of nitrogens with zero attached hydrogens (tertiary/aromatic N) is 3. The fourth-order valence-corrected chi connectivity index (χ4v) is 1.57. The van der Waals surface area contributed by atoms with E-state index < -0.39 is 0 Å². The van der Waals surface area contributed by atoms with Crippen LogP contribution >= 0.6 is 0 Å². The average molecular weight is 230 g/mol. The summed E-state index contributed by atoms with van der Waals surface area (Å²) in [5, 5.41) is 0. The molecule has 0 fully saturated rings. The molecule has 1 atom stereocenters. The molecular formula is C11H14N6. The molecule has 17 heavy (non-hydrogen) atoms. The monoisotopic (exact) mass is 230 g/mol. The lowest BCUT2D eigenvalue weighted by molar-refractivity contribution is 0.536. The minimum absolute atomic E-state index is 0.129. The first kappa shape index (κ1) is 11.4. The van der Waals surface area contributed by atoms with Crippen LogP contribution in [0.1, 0.15) is 17.3 Å². The summed E-state index contributed by atoms with van der Waals surface area (Å²) < 4.78 is 0. The number of nitrogens with two attached hydrogens (primary N) is 2. The van der Waals surface area contributed by atoms with Gasteiger partial charge in [-0.05, 0) is 18.1 Å². The molecule has 0 aliphatic carbocycles. The number of anilines is 1. The lowest BCUT2D eigenvalue weighted by atomic mass is 10.0. The second kappa shape index (κ2) is 5.33. The molecule has 2 aromatic rings. The lowest BCUT2D eigenvalue weighted by Gasteiger charge is -2.15. The van der Waals surface area contributed by atoms with Gasteiger partial charge in [-0.2, -0.15) is 0 Å². The van der Waals surface area contributed by atoms with Crippen molar-refractivity contribution in [3.63, 3.8) is 0 Å². The van der Waals surface area contributed by atoms with Gasteiger partial charge in [0.05, 0.1) is 17.9 Å². The van der Waals surface area contributed by atoms with Crippen LogP contribution in [0, 0.1) is 0 Å². The number of rotatable bonds is 4. The maximum atomic E-state index is 5.86. The zero-order valence-corrected chi connectivity index (χ0v) is 9.24. The molecule has 2 aromatic heterocycles. The molecule has 5 N–H and O–H groups in total. The molecule has 2 heterocycles. The molecule has 0 aromatic carbocycles. The molecule has 88 valence electrons. The average Bonchev–Trinajstić information content (AvgIpc) is 2.39. The minimum atomic E-state index is -0.129. The van der Waals surface area contributed by atoms with Crippen LogP contribution < -0.4 is 17.0 Å². The highest BCUT2D eigenvalue weighted by Crippen LogP contribution is 2.18. The Morgan fingerprint density at radius 3 is 2.65 bits per heavy atom. The van der Waals surface area contributed by atoms with Gasteiger partial charge < -0.3 is 5.73 Å². The van der Waals surface area contributed by atoms with E-state index in [1.165, 1.54) is 0 Å². The van der Waals surface area contributed by atoms with Crippen molar-refractivity contribution in [1.29, 1.82) is 0 Å². The predicted octanol–water partition coefficient (Wildman–Crippen LogP) is 0.201. The highest BCUT2D eigenvalue weighted by atomic mass is 15.2. The van der Waals surface area contributed by atoms with Crippen LogP contribution in [0.4, 0.5) is 5.69 Å². The van der Waals surface area contributed by atoms with Gasteiger partial charge in [0.1, 0.15) is 0 Å². The van der Waals surface area contributed by atoms with E-state index in [1.807, 2.05) is 0 Å². The van der Waals surface area contributed by atoms with Crippen molar-refractivity contribution in [1.82, 2.24) is 20.4 Å². The van der Waals surface area contributed by atoms with Gasteiger partial charge in [0.15, 0.2) is 0 Å². The Balaban J connectivity index is 2.19. The first-order valence-electron chi connectivity index (χ1n) is 5.21. The Kier molecular flexibility index (Phi) is 3.59. The minimum Gasteiger partial charge on any atom is -0.398 e. The van der Waals surface area contributed by atoms with Crippen molar-refractivity contribution in [2.75, 3.05) is 5.73 Å². The summed E-state index contributed by atoms with van der Waals surface area (Å²) in [4.78, 5) is 12.3. The number of nitrogen functional groups attached to an aromatic ring is 1. The van der Waals surface area contributed by atoms with E-state index in [-0.39, 0.29) is 6.04 Å². The van der Waals surface area contributed by atoms with Crippen LogP contribution in [-0.2, 0) is 6.42 Å². The zero-order valence-electron chi connectivity index (χ0n) is 9.24. The molecule has 0 radical (unpaired) electrons. The summed E-state index contributed by atoms with van der Waals surface area (Å²) in [7, 11) is 0. The Morgan fingerprint density at radius 1 is 1.18 bits per heavy atom. The number of aromatic nitrogens is 3. The van der Waals surface area contributed by atoms with Gasteiger partial charge in [-0.1, -0.05) is 0 Å². The van der Waals surface area contributed by atoms with Crippen LogP contribution in [0.25, 0.3) is 0 Å². The van der Waals surface area contributed by atoms with E-state index in [0.717, 1.165) is 11.3 Å². The number of hydrogen-bond acceptors (Lipinski definition) is 6. The smallest absolute Gasteiger partial charge is 0.0772 e. The van der Waals surface area contributed by atoms with Crippen molar-refractivity contribution in [3.8, 4) is 0 Å². The van der Waals surface area contributed by atoms with Gasteiger partial charge in [0, 0.05) is 30.5 Å². The summed E-state index contributed by atoms with van der Waals surface area (Å²) in [6, 6.07) is 1.63. The fourth-order valence-electron chi connectivity index (χ4n) is 1.57. The van der Waals surface area contributed by atoms with Crippen molar-refractivity contribution < 1.29 is 0 Å². The van der Waals surface area contributed by atoms with Crippen LogP contribution in [0.3, 0.4) is 0 Å². The Labute approximate surface area is 99.1 Å². The molecule has 6 nitrogen and oxygen atoms in total. The maximum absolute atomic E-state index is 5.86. The number of nitrogens with one attached hydrogen (secondary N) is 1. The molecule has 6 heteroatoms. The summed E-state index contributed by atoms with van der Waals surface area (Å²) in [5.74, 6) is 5.52. The quantitative estimate of drug-likeness (QED) is 0.512. The summed E-state index contributed by atoms with van der Waals surface area (Å²) in [5.41, 5.74) is 11.0. The van der Waals surface area contributed by atoms with Crippen LogP contribution in [0.5, 0.6) is 0 Å². The topological polar surface area (TPSA) is 103 Å². The molecule has 0 aliphatic rings. The molecular weight excluding hydrogens is 216 g/mol. The van der Waals surface area contributed by atoms with Gasteiger partial charge in [0.2, 0.25) is 0 Å². The van der Waals surface area contributed by atoms with E-state index in [2.05, 4.69) is 20.4 Å². The largest absolute Gasteiger partial charge is 0.398 e.